The standard InChI is InChI=1S/C8H10F2N2/c1-3-6-4-5-11-7(12-6)8(2,9)10/h4-5H,3H2,1-2H3. The molecule has 1 heterocycles. The molecule has 12 heavy (non-hydrogen) atoms. The maximum Gasteiger partial charge on any atom is 0.303 e. The van der Waals surface area contributed by atoms with Gasteiger partial charge in [0.05, 0.1) is 0 Å². The predicted molar refractivity (Wildman–Crippen MR) is 41.0 cm³/mol. The molecule has 0 spiro atoms. The molecule has 2 nitrogen and oxygen atoms in total. The molecule has 0 aliphatic heterocycles. The third-order valence-corrected chi connectivity index (χ3v) is 1.47. The quantitative estimate of drug-likeness (QED) is 0.683. The van der Waals surface area contributed by atoms with Gasteiger partial charge in [0.15, 0.2) is 5.82 Å². The van der Waals surface area contributed by atoms with Crippen LogP contribution in [0.2, 0.25) is 0 Å². The van der Waals surface area contributed by atoms with Crippen molar-refractivity contribution in [3.05, 3.63) is 23.8 Å². The maximum atomic E-state index is 12.6. The van der Waals surface area contributed by atoms with Crippen molar-refractivity contribution in [2.24, 2.45) is 0 Å². The van der Waals surface area contributed by atoms with Crippen LogP contribution in [0, 0.1) is 0 Å². The van der Waals surface area contributed by atoms with Crippen LogP contribution in [-0.2, 0) is 12.3 Å². The molecule has 66 valence electrons. The van der Waals surface area contributed by atoms with E-state index in [-0.39, 0.29) is 0 Å². The van der Waals surface area contributed by atoms with Crippen LogP contribution in [0.1, 0.15) is 25.4 Å². The highest BCUT2D eigenvalue weighted by Crippen LogP contribution is 2.22. The number of hydrogen-bond donors (Lipinski definition) is 0. The Morgan fingerprint density at radius 2 is 2.17 bits per heavy atom. The highest BCUT2D eigenvalue weighted by Gasteiger charge is 2.27. The smallest absolute Gasteiger partial charge is 0.236 e. The van der Waals surface area contributed by atoms with Crippen LogP contribution in [0.4, 0.5) is 8.78 Å². The Bertz CT molecular complexity index is 268. The Hall–Kier alpha value is -1.06. The summed E-state index contributed by atoms with van der Waals surface area (Å²) in [4.78, 5) is 7.20. The lowest BCUT2D eigenvalue weighted by Crippen LogP contribution is -2.13. The lowest BCUT2D eigenvalue weighted by molar-refractivity contribution is 0.00746. The molecule has 0 aliphatic rings. The largest absolute Gasteiger partial charge is 0.303 e. The van der Waals surface area contributed by atoms with Crippen molar-refractivity contribution in [1.82, 2.24) is 9.97 Å². The van der Waals surface area contributed by atoms with E-state index < -0.39 is 11.7 Å². The lowest BCUT2D eigenvalue weighted by atomic mass is 10.3. The maximum absolute atomic E-state index is 12.6. The molecule has 0 aromatic carbocycles. The minimum Gasteiger partial charge on any atom is -0.236 e. The first-order valence-corrected chi connectivity index (χ1v) is 3.74. The van der Waals surface area contributed by atoms with Gasteiger partial charge in [-0.05, 0) is 12.5 Å². The molecule has 0 saturated heterocycles. The predicted octanol–water partition coefficient (Wildman–Crippen LogP) is 2.15. The van der Waals surface area contributed by atoms with Crippen molar-refractivity contribution >= 4 is 0 Å². The highest BCUT2D eigenvalue weighted by atomic mass is 19.3. The zero-order valence-electron chi connectivity index (χ0n) is 7.01. The van der Waals surface area contributed by atoms with E-state index in [4.69, 9.17) is 0 Å². The van der Waals surface area contributed by atoms with Crippen LogP contribution in [0.15, 0.2) is 12.3 Å². The molecule has 1 rings (SSSR count). The summed E-state index contributed by atoms with van der Waals surface area (Å²) in [6.45, 7) is 2.65. The lowest BCUT2D eigenvalue weighted by Gasteiger charge is -2.08. The Kier molecular flexibility index (Phi) is 2.35. The highest BCUT2D eigenvalue weighted by molar-refractivity contribution is 5.04. The van der Waals surface area contributed by atoms with Crippen LogP contribution >= 0.6 is 0 Å². The molecule has 0 atom stereocenters. The minimum atomic E-state index is -2.94. The van der Waals surface area contributed by atoms with Crippen LogP contribution in [-0.4, -0.2) is 9.97 Å². The molecule has 1 aromatic rings. The van der Waals surface area contributed by atoms with E-state index in [1.54, 1.807) is 6.07 Å². The summed E-state index contributed by atoms with van der Waals surface area (Å²) in [6, 6.07) is 1.63. The number of nitrogens with zero attached hydrogens (tertiary/aromatic N) is 2. The van der Waals surface area contributed by atoms with E-state index in [1.807, 2.05) is 6.92 Å². The van der Waals surface area contributed by atoms with Crippen molar-refractivity contribution in [2.45, 2.75) is 26.2 Å². The average Bonchev–Trinajstić information content (AvgIpc) is 2.03. The fourth-order valence-electron chi connectivity index (χ4n) is 0.804. The first-order valence-electron chi connectivity index (χ1n) is 3.74. The molecule has 0 unspecified atom stereocenters. The summed E-state index contributed by atoms with van der Waals surface area (Å²) in [5.74, 6) is -3.34. The van der Waals surface area contributed by atoms with Gasteiger partial charge >= 0.3 is 5.92 Å². The summed E-state index contributed by atoms with van der Waals surface area (Å²) in [6.07, 6.45) is 2.00. The molecule has 0 fully saturated rings. The summed E-state index contributed by atoms with van der Waals surface area (Å²) in [7, 11) is 0. The first-order chi connectivity index (χ1) is 5.54. The number of aryl methyl sites for hydroxylation is 1. The topological polar surface area (TPSA) is 25.8 Å². The van der Waals surface area contributed by atoms with E-state index in [0.717, 1.165) is 6.92 Å². The zero-order valence-corrected chi connectivity index (χ0v) is 7.01. The van der Waals surface area contributed by atoms with Gasteiger partial charge in [0.25, 0.3) is 0 Å². The van der Waals surface area contributed by atoms with Crippen molar-refractivity contribution < 1.29 is 8.78 Å². The molecule has 0 saturated carbocycles. The van der Waals surface area contributed by atoms with E-state index in [2.05, 4.69) is 9.97 Å². The van der Waals surface area contributed by atoms with Crippen molar-refractivity contribution in [2.75, 3.05) is 0 Å². The fraction of sp³-hybridized carbons (Fsp3) is 0.500. The van der Waals surface area contributed by atoms with Gasteiger partial charge in [-0.25, -0.2) is 9.97 Å². The molecule has 0 bridgehead atoms. The van der Waals surface area contributed by atoms with Gasteiger partial charge in [-0.15, -0.1) is 0 Å². The van der Waals surface area contributed by atoms with E-state index >= 15 is 0 Å². The number of halogens is 2. The van der Waals surface area contributed by atoms with Gasteiger partial charge in [0, 0.05) is 18.8 Å². The van der Waals surface area contributed by atoms with E-state index in [9.17, 15) is 8.78 Å². The molecular weight excluding hydrogens is 162 g/mol. The summed E-state index contributed by atoms with van der Waals surface area (Å²) >= 11 is 0. The molecule has 1 aromatic heterocycles. The molecule has 4 heteroatoms. The van der Waals surface area contributed by atoms with Gasteiger partial charge in [0.2, 0.25) is 0 Å². The minimum absolute atomic E-state index is 0.401. The van der Waals surface area contributed by atoms with Crippen molar-refractivity contribution in [1.29, 1.82) is 0 Å². The molecule has 0 radical (unpaired) electrons. The molecule has 0 N–H and O–H groups in total. The van der Waals surface area contributed by atoms with Crippen LogP contribution in [0.3, 0.4) is 0 Å². The van der Waals surface area contributed by atoms with Crippen molar-refractivity contribution in [3.8, 4) is 0 Å². The normalized spacial score (nSPS) is 11.7. The zero-order chi connectivity index (χ0) is 9.19. The van der Waals surface area contributed by atoms with Gasteiger partial charge < -0.3 is 0 Å². The number of hydrogen-bond acceptors (Lipinski definition) is 2. The Morgan fingerprint density at radius 1 is 1.50 bits per heavy atom. The Morgan fingerprint density at radius 3 is 2.67 bits per heavy atom. The second kappa shape index (κ2) is 3.13. The van der Waals surface area contributed by atoms with Gasteiger partial charge in [-0.3, -0.25) is 0 Å². The second-order valence-electron chi connectivity index (χ2n) is 2.61. The Labute approximate surface area is 69.7 Å². The Balaban J connectivity index is 3.02. The summed E-state index contributed by atoms with van der Waals surface area (Å²) in [5.41, 5.74) is 0.640. The van der Waals surface area contributed by atoms with Gasteiger partial charge in [-0.1, -0.05) is 6.92 Å². The van der Waals surface area contributed by atoms with Crippen molar-refractivity contribution in [3.63, 3.8) is 0 Å². The van der Waals surface area contributed by atoms with E-state index in [0.29, 0.717) is 12.1 Å². The van der Waals surface area contributed by atoms with Gasteiger partial charge in [0.1, 0.15) is 0 Å². The molecule has 0 aliphatic carbocycles. The second-order valence-corrected chi connectivity index (χ2v) is 2.61. The fourth-order valence-corrected chi connectivity index (χ4v) is 0.804. The van der Waals surface area contributed by atoms with Crippen LogP contribution < -0.4 is 0 Å². The first kappa shape index (κ1) is 9.03. The number of alkyl halides is 2. The van der Waals surface area contributed by atoms with Crippen LogP contribution in [0.25, 0.3) is 0 Å². The van der Waals surface area contributed by atoms with E-state index in [1.165, 1.54) is 6.20 Å². The monoisotopic (exact) mass is 172 g/mol. The van der Waals surface area contributed by atoms with Crippen LogP contribution in [0.5, 0.6) is 0 Å². The molecular formula is C8H10F2N2. The summed E-state index contributed by atoms with van der Waals surface area (Å²) < 4.78 is 25.3. The van der Waals surface area contributed by atoms with Gasteiger partial charge in [-0.2, -0.15) is 8.78 Å². The number of rotatable bonds is 2. The SMILES string of the molecule is CCc1ccnc(C(C)(F)F)n1. The average molecular weight is 172 g/mol. The summed E-state index contributed by atoms with van der Waals surface area (Å²) in [5, 5.41) is 0. The molecule has 0 amide bonds. The number of aromatic nitrogens is 2. The third kappa shape index (κ3) is 1.96. The third-order valence-electron chi connectivity index (χ3n) is 1.47.